The second kappa shape index (κ2) is 9.04. The fraction of sp³-hybridized carbons (Fsp3) is 0.571. The van der Waals surface area contributed by atoms with Crippen molar-refractivity contribution >= 4 is 0 Å². The van der Waals surface area contributed by atoms with E-state index >= 15 is 0 Å². The summed E-state index contributed by atoms with van der Waals surface area (Å²) in [6.45, 7) is 8.79. The standard InChI is InChI=1S/C21H31N3O/c1-3-18-17-19(4-2)24(22-18)20-9-11-21(12-10-20)25-16-8-15-23-13-6-5-7-14-23/h9-12,17H,3-8,13-16H2,1-2H3. The van der Waals surface area contributed by atoms with Crippen molar-refractivity contribution in [1.82, 2.24) is 14.7 Å². The van der Waals surface area contributed by atoms with E-state index in [0.717, 1.165) is 49.5 Å². The van der Waals surface area contributed by atoms with E-state index in [4.69, 9.17) is 9.84 Å². The van der Waals surface area contributed by atoms with E-state index in [0.29, 0.717) is 0 Å². The van der Waals surface area contributed by atoms with Gasteiger partial charge in [-0.25, -0.2) is 4.68 Å². The SMILES string of the molecule is CCc1cc(CC)n(-c2ccc(OCCCN3CCCCC3)cc2)n1. The molecule has 4 heteroatoms. The Morgan fingerprint density at radius 3 is 2.44 bits per heavy atom. The quantitative estimate of drug-likeness (QED) is 0.672. The molecule has 1 aliphatic heterocycles. The highest BCUT2D eigenvalue weighted by Crippen LogP contribution is 2.18. The number of aryl methyl sites for hydroxylation is 2. The van der Waals surface area contributed by atoms with E-state index in [1.54, 1.807) is 0 Å². The molecule has 2 aromatic rings. The van der Waals surface area contributed by atoms with Crippen LogP contribution in [0, 0.1) is 0 Å². The van der Waals surface area contributed by atoms with Crippen LogP contribution in [0.15, 0.2) is 30.3 Å². The summed E-state index contributed by atoms with van der Waals surface area (Å²) in [7, 11) is 0. The van der Waals surface area contributed by atoms with Crippen LogP contribution in [0.25, 0.3) is 5.69 Å². The Balaban J connectivity index is 1.51. The maximum atomic E-state index is 5.91. The smallest absolute Gasteiger partial charge is 0.119 e. The van der Waals surface area contributed by atoms with Crippen molar-refractivity contribution in [2.24, 2.45) is 0 Å². The molecular weight excluding hydrogens is 310 g/mol. The van der Waals surface area contributed by atoms with Gasteiger partial charge in [-0.3, -0.25) is 0 Å². The van der Waals surface area contributed by atoms with E-state index in [2.05, 4.69) is 53.8 Å². The van der Waals surface area contributed by atoms with Gasteiger partial charge >= 0.3 is 0 Å². The van der Waals surface area contributed by atoms with Crippen LogP contribution in [0.4, 0.5) is 0 Å². The predicted molar refractivity (Wildman–Crippen MR) is 103 cm³/mol. The van der Waals surface area contributed by atoms with Crippen LogP contribution < -0.4 is 4.74 Å². The predicted octanol–water partition coefficient (Wildman–Crippen LogP) is 4.25. The van der Waals surface area contributed by atoms with Crippen LogP contribution in [0.3, 0.4) is 0 Å². The fourth-order valence-corrected chi connectivity index (χ4v) is 3.47. The van der Waals surface area contributed by atoms with Crippen molar-refractivity contribution in [1.29, 1.82) is 0 Å². The highest BCUT2D eigenvalue weighted by atomic mass is 16.5. The van der Waals surface area contributed by atoms with Gasteiger partial charge in [0.2, 0.25) is 0 Å². The lowest BCUT2D eigenvalue weighted by atomic mass is 10.1. The topological polar surface area (TPSA) is 30.3 Å². The molecule has 1 saturated heterocycles. The number of ether oxygens (including phenoxy) is 1. The first-order valence-corrected chi connectivity index (χ1v) is 9.83. The molecule has 3 rings (SSSR count). The lowest BCUT2D eigenvalue weighted by Gasteiger charge is -2.26. The van der Waals surface area contributed by atoms with Gasteiger partial charge in [0.05, 0.1) is 18.0 Å². The third-order valence-electron chi connectivity index (χ3n) is 4.98. The second-order valence-electron chi connectivity index (χ2n) is 6.84. The highest BCUT2D eigenvalue weighted by Gasteiger charge is 2.10. The Kier molecular flexibility index (Phi) is 6.51. The molecule has 0 spiro atoms. The molecule has 0 saturated carbocycles. The molecule has 136 valence electrons. The van der Waals surface area contributed by atoms with Crippen LogP contribution in [0.5, 0.6) is 5.75 Å². The summed E-state index contributed by atoms with van der Waals surface area (Å²) >= 11 is 0. The first-order valence-electron chi connectivity index (χ1n) is 9.83. The van der Waals surface area contributed by atoms with Crippen LogP contribution in [-0.2, 0) is 12.8 Å². The Hall–Kier alpha value is -1.81. The molecule has 0 radical (unpaired) electrons. The minimum Gasteiger partial charge on any atom is -0.494 e. The molecular formula is C21H31N3O. The summed E-state index contributed by atoms with van der Waals surface area (Å²) in [5.74, 6) is 0.948. The van der Waals surface area contributed by atoms with Gasteiger partial charge in [0.25, 0.3) is 0 Å². The lowest BCUT2D eigenvalue weighted by Crippen LogP contribution is -2.31. The molecule has 0 atom stereocenters. The van der Waals surface area contributed by atoms with Gasteiger partial charge in [0, 0.05) is 12.2 Å². The molecule has 1 aromatic carbocycles. The molecule has 0 N–H and O–H groups in total. The van der Waals surface area contributed by atoms with Crippen LogP contribution >= 0.6 is 0 Å². The van der Waals surface area contributed by atoms with E-state index in [1.807, 2.05) is 0 Å². The Labute approximate surface area is 151 Å². The third kappa shape index (κ3) is 4.85. The number of piperidine rings is 1. The molecule has 2 heterocycles. The largest absolute Gasteiger partial charge is 0.494 e. The molecule has 4 nitrogen and oxygen atoms in total. The first kappa shape index (κ1) is 18.0. The molecule has 0 unspecified atom stereocenters. The summed E-state index contributed by atoms with van der Waals surface area (Å²) in [6, 6.07) is 10.5. The minimum atomic E-state index is 0.789. The van der Waals surface area contributed by atoms with Crippen LogP contribution in [0.2, 0.25) is 0 Å². The number of likely N-dealkylation sites (tertiary alicyclic amines) is 1. The number of nitrogens with zero attached hydrogens (tertiary/aromatic N) is 3. The summed E-state index contributed by atoms with van der Waals surface area (Å²) in [5.41, 5.74) is 3.51. The maximum absolute atomic E-state index is 5.91. The average Bonchev–Trinajstić information content (AvgIpc) is 3.10. The zero-order valence-electron chi connectivity index (χ0n) is 15.7. The van der Waals surface area contributed by atoms with Crippen LogP contribution in [0.1, 0.15) is 50.9 Å². The summed E-state index contributed by atoms with van der Waals surface area (Å²) in [4.78, 5) is 2.56. The number of aromatic nitrogens is 2. The van der Waals surface area contributed by atoms with Crippen molar-refractivity contribution in [3.63, 3.8) is 0 Å². The molecule has 1 aromatic heterocycles. The van der Waals surface area contributed by atoms with E-state index in [-0.39, 0.29) is 0 Å². The first-order chi connectivity index (χ1) is 12.3. The molecule has 0 bridgehead atoms. The summed E-state index contributed by atoms with van der Waals surface area (Å²) < 4.78 is 7.97. The lowest BCUT2D eigenvalue weighted by molar-refractivity contribution is 0.205. The van der Waals surface area contributed by atoms with Gasteiger partial charge in [-0.2, -0.15) is 5.10 Å². The molecule has 1 aliphatic rings. The number of rotatable bonds is 8. The van der Waals surface area contributed by atoms with Crippen molar-refractivity contribution in [3.8, 4) is 11.4 Å². The second-order valence-corrected chi connectivity index (χ2v) is 6.84. The van der Waals surface area contributed by atoms with Crippen molar-refractivity contribution in [2.75, 3.05) is 26.2 Å². The van der Waals surface area contributed by atoms with E-state index in [9.17, 15) is 0 Å². The van der Waals surface area contributed by atoms with Crippen molar-refractivity contribution < 1.29 is 4.74 Å². The van der Waals surface area contributed by atoms with Gasteiger partial charge in [0.15, 0.2) is 0 Å². The minimum absolute atomic E-state index is 0.789. The number of benzene rings is 1. The van der Waals surface area contributed by atoms with E-state index < -0.39 is 0 Å². The van der Waals surface area contributed by atoms with Crippen LogP contribution in [-0.4, -0.2) is 40.9 Å². The van der Waals surface area contributed by atoms with Gasteiger partial charge < -0.3 is 9.64 Å². The molecule has 1 fully saturated rings. The van der Waals surface area contributed by atoms with E-state index in [1.165, 1.54) is 38.0 Å². The van der Waals surface area contributed by atoms with Gasteiger partial charge in [-0.05, 0) is 75.5 Å². The zero-order valence-corrected chi connectivity index (χ0v) is 15.7. The summed E-state index contributed by atoms with van der Waals surface area (Å²) in [6.07, 6.45) is 7.17. The van der Waals surface area contributed by atoms with Gasteiger partial charge in [-0.15, -0.1) is 0 Å². The van der Waals surface area contributed by atoms with Crippen molar-refractivity contribution in [2.45, 2.75) is 52.4 Å². The average molecular weight is 341 g/mol. The highest BCUT2D eigenvalue weighted by molar-refractivity contribution is 5.38. The molecule has 0 amide bonds. The Morgan fingerprint density at radius 2 is 1.76 bits per heavy atom. The third-order valence-corrected chi connectivity index (χ3v) is 4.98. The number of hydrogen-bond donors (Lipinski definition) is 0. The molecule has 0 aliphatic carbocycles. The van der Waals surface area contributed by atoms with Gasteiger partial charge in [0.1, 0.15) is 5.75 Å². The normalized spacial score (nSPS) is 15.4. The maximum Gasteiger partial charge on any atom is 0.119 e. The van der Waals surface area contributed by atoms with Gasteiger partial charge in [-0.1, -0.05) is 20.3 Å². The fourth-order valence-electron chi connectivity index (χ4n) is 3.47. The van der Waals surface area contributed by atoms with Crippen molar-refractivity contribution in [3.05, 3.63) is 41.7 Å². The summed E-state index contributed by atoms with van der Waals surface area (Å²) in [5, 5.41) is 4.70. The number of hydrogen-bond acceptors (Lipinski definition) is 3. The molecule has 25 heavy (non-hydrogen) atoms. The monoisotopic (exact) mass is 341 g/mol. The zero-order chi connectivity index (χ0) is 17.5. The Bertz CT molecular complexity index is 642. The Morgan fingerprint density at radius 1 is 1.00 bits per heavy atom.